The average Bonchev–Trinajstić information content (AvgIpc) is 3.10. The maximum atomic E-state index is 6.08. The average molecular weight is 679 g/mol. The molecular formula is C50H62O. The SMILES string of the molecule is CC(=Cc1ccc(CCOCCc2ccc(C=C(C)c3ccc4c(c3)C(C)(C)CCC4(C)C)cc2)cc1)c1ccc2c(c1)C(C)(C)CCC2(C)C. The van der Waals surface area contributed by atoms with E-state index in [0.29, 0.717) is 0 Å². The van der Waals surface area contributed by atoms with Gasteiger partial charge in [0.1, 0.15) is 0 Å². The molecule has 0 amide bonds. The monoisotopic (exact) mass is 678 g/mol. The molecule has 0 radical (unpaired) electrons. The number of hydrogen-bond donors (Lipinski definition) is 0. The summed E-state index contributed by atoms with van der Waals surface area (Å²) in [6, 6.07) is 32.3. The molecule has 51 heavy (non-hydrogen) atoms. The number of ether oxygens (including phenoxy) is 1. The Balaban J connectivity index is 0.980. The molecule has 0 aliphatic heterocycles. The summed E-state index contributed by atoms with van der Waals surface area (Å²) < 4.78 is 6.08. The first kappa shape index (κ1) is 37.1. The van der Waals surface area contributed by atoms with Gasteiger partial charge in [0.25, 0.3) is 0 Å². The van der Waals surface area contributed by atoms with Crippen molar-refractivity contribution in [3.8, 4) is 0 Å². The molecule has 0 fully saturated rings. The van der Waals surface area contributed by atoms with E-state index in [9.17, 15) is 0 Å². The van der Waals surface area contributed by atoms with Crippen LogP contribution >= 0.6 is 0 Å². The third-order valence-corrected chi connectivity index (χ3v) is 12.4. The van der Waals surface area contributed by atoms with Crippen LogP contribution in [-0.4, -0.2) is 13.2 Å². The Morgan fingerprint density at radius 1 is 0.471 bits per heavy atom. The van der Waals surface area contributed by atoms with Crippen molar-refractivity contribution in [1.82, 2.24) is 0 Å². The quantitative estimate of drug-likeness (QED) is 0.120. The fraction of sp³-hybridized carbons (Fsp3) is 0.440. The maximum Gasteiger partial charge on any atom is 0.0506 e. The lowest BCUT2D eigenvalue weighted by Gasteiger charge is -2.42. The van der Waals surface area contributed by atoms with Crippen molar-refractivity contribution >= 4 is 23.3 Å². The largest absolute Gasteiger partial charge is 0.381 e. The summed E-state index contributed by atoms with van der Waals surface area (Å²) in [6.45, 7) is 25.2. The van der Waals surface area contributed by atoms with Gasteiger partial charge in [-0.2, -0.15) is 0 Å². The summed E-state index contributed by atoms with van der Waals surface area (Å²) in [6.07, 6.45) is 11.5. The fourth-order valence-corrected chi connectivity index (χ4v) is 8.38. The highest BCUT2D eigenvalue weighted by Gasteiger charge is 2.38. The first-order valence-electron chi connectivity index (χ1n) is 19.5. The third-order valence-electron chi connectivity index (χ3n) is 12.4. The normalized spacial score (nSPS) is 18.9. The summed E-state index contributed by atoms with van der Waals surface area (Å²) >= 11 is 0. The minimum atomic E-state index is 0.227. The molecule has 268 valence electrons. The van der Waals surface area contributed by atoms with Gasteiger partial charge in [-0.25, -0.2) is 0 Å². The van der Waals surface area contributed by atoms with Crippen molar-refractivity contribution in [1.29, 1.82) is 0 Å². The van der Waals surface area contributed by atoms with E-state index >= 15 is 0 Å². The van der Waals surface area contributed by atoms with Crippen molar-refractivity contribution in [3.05, 3.63) is 141 Å². The van der Waals surface area contributed by atoms with Crippen LogP contribution in [0.5, 0.6) is 0 Å². The van der Waals surface area contributed by atoms with Crippen LogP contribution in [0.3, 0.4) is 0 Å². The number of benzene rings is 4. The zero-order valence-corrected chi connectivity index (χ0v) is 33.3. The zero-order valence-electron chi connectivity index (χ0n) is 33.3. The van der Waals surface area contributed by atoms with Crippen LogP contribution in [0.25, 0.3) is 23.3 Å². The molecule has 1 heteroatoms. The van der Waals surface area contributed by atoms with Crippen molar-refractivity contribution in [3.63, 3.8) is 0 Å². The lowest BCUT2D eigenvalue weighted by molar-refractivity contribution is 0.140. The van der Waals surface area contributed by atoms with E-state index < -0.39 is 0 Å². The fourth-order valence-electron chi connectivity index (χ4n) is 8.38. The van der Waals surface area contributed by atoms with Gasteiger partial charge in [-0.15, -0.1) is 0 Å². The number of hydrogen-bond acceptors (Lipinski definition) is 1. The van der Waals surface area contributed by atoms with Gasteiger partial charge in [-0.1, -0.05) is 152 Å². The second-order valence-corrected chi connectivity index (χ2v) is 18.3. The summed E-state index contributed by atoms with van der Waals surface area (Å²) in [5.41, 5.74) is 17.5. The van der Waals surface area contributed by atoms with Gasteiger partial charge in [-0.05, 0) is 141 Å². The second-order valence-electron chi connectivity index (χ2n) is 18.3. The van der Waals surface area contributed by atoms with E-state index in [1.165, 1.54) is 92.5 Å². The molecular weight excluding hydrogens is 617 g/mol. The standard InChI is InChI=1S/C50H62O/c1-35(41-19-21-43-45(33-41)49(7,8)27-25-47(43,3)4)31-39-15-11-37(12-16-39)23-29-51-30-24-38-13-17-40(18-14-38)32-36(2)42-20-22-44-46(34-42)50(9,10)28-26-48(44,5)6/h11-22,31-34H,23-30H2,1-10H3. The molecule has 4 aromatic carbocycles. The summed E-state index contributed by atoms with van der Waals surface area (Å²) in [4.78, 5) is 0. The molecule has 0 aromatic heterocycles. The Morgan fingerprint density at radius 3 is 1.16 bits per heavy atom. The van der Waals surface area contributed by atoms with E-state index in [1.807, 2.05) is 0 Å². The third kappa shape index (κ3) is 8.36. The van der Waals surface area contributed by atoms with Gasteiger partial charge in [0, 0.05) is 0 Å². The lowest BCUT2D eigenvalue weighted by Crippen LogP contribution is -2.33. The highest BCUT2D eigenvalue weighted by molar-refractivity contribution is 5.81. The highest BCUT2D eigenvalue weighted by Crippen LogP contribution is 2.47. The van der Waals surface area contributed by atoms with Crippen LogP contribution in [0, 0.1) is 0 Å². The summed E-state index contributed by atoms with van der Waals surface area (Å²) in [5, 5.41) is 0. The van der Waals surface area contributed by atoms with Gasteiger partial charge in [0.15, 0.2) is 0 Å². The Bertz CT molecular complexity index is 1770. The Morgan fingerprint density at radius 2 is 0.804 bits per heavy atom. The predicted octanol–water partition coefficient (Wildman–Crippen LogP) is 13.3. The molecule has 6 rings (SSSR count). The van der Waals surface area contributed by atoms with Crippen LogP contribution < -0.4 is 0 Å². The van der Waals surface area contributed by atoms with Gasteiger partial charge in [-0.3, -0.25) is 0 Å². The van der Waals surface area contributed by atoms with Gasteiger partial charge in [0.05, 0.1) is 13.2 Å². The second kappa shape index (κ2) is 14.4. The van der Waals surface area contributed by atoms with Crippen molar-refractivity contribution in [2.45, 2.75) is 129 Å². The first-order valence-corrected chi connectivity index (χ1v) is 19.5. The number of fused-ring (bicyclic) bond motifs is 2. The Hall–Kier alpha value is -3.68. The van der Waals surface area contributed by atoms with E-state index in [1.54, 1.807) is 0 Å². The maximum absolute atomic E-state index is 6.08. The molecule has 2 aliphatic rings. The van der Waals surface area contributed by atoms with Crippen LogP contribution in [-0.2, 0) is 39.2 Å². The van der Waals surface area contributed by atoms with Crippen molar-refractivity contribution in [2.75, 3.05) is 13.2 Å². The van der Waals surface area contributed by atoms with Crippen LogP contribution in [0.1, 0.15) is 151 Å². The predicted molar refractivity (Wildman–Crippen MR) is 222 cm³/mol. The molecule has 0 unspecified atom stereocenters. The minimum absolute atomic E-state index is 0.227. The molecule has 0 saturated heterocycles. The zero-order chi connectivity index (χ0) is 36.6. The molecule has 0 bridgehead atoms. The van der Waals surface area contributed by atoms with Crippen LogP contribution in [0.2, 0.25) is 0 Å². The molecule has 0 spiro atoms. The lowest BCUT2D eigenvalue weighted by atomic mass is 9.63. The number of allylic oxidation sites excluding steroid dienone is 2. The minimum Gasteiger partial charge on any atom is -0.381 e. The molecule has 0 atom stereocenters. The van der Waals surface area contributed by atoms with Crippen molar-refractivity contribution < 1.29 is 4.74 Å². The van der Waals surface area contributed by atoms with Gasteiger partial charge in [0.2, 0.25) is 0 Å². The van der Waals surface area contributed by atoms with E-state index in [4.69, 9.17) is 4.74 Å². The molecule has 0 N–H and O–H groups in total. The van der Waals surface area contributed by atoms with Gasteiger partial charge < -0.3 is 4.74 Å². The molecule has 0 heterocycles. The highest BCUT2D eigenvalue weighted by atomic mass is 16.5. The van der Waals surface area contributed by atoms with E-state index in [0.717, 1.165) is 26.1 Å². The first-order chi connectivity index (χ1) is 24.0. The smallest absolute Gasteiger partial charge is 0.0506 e. The van der Waals surface area contributed by atoms with Gasteiger partial charge >= 0.3 is 0 Å². The molecule has 1 nitrogen and oxygen atoms in total. The van der Waals surface area contributed by atoms with Crippen LogP contribution in [0.15, 0.2) is 84.9 Å². The topological polar surface area (TPSA) is 9.23 Å². The van der Waals surface area contributed by atoms with E-state index in [-0.39, 0.29) is 21.7 Å². The molecule has 4 aromatic rings. The molecule has 2 aliphatic carbocycles. The van der Waals surface area contributed by atoms with Crippen LogP contribution in [0.4, 0.5) is 0 Å². The number of rotatable bonds is 10. The Kier molecular flexibility index (Phi) is 10.5. The Labute approximate surface area is 310 Å². The van der Waals surface area contributed by atoms with E-state index in [2.05, 4.69) is 166 Å². The summed E-state index contributed by atoms with van der Waals surface area (Å²) in [7, 11) is 0. The van der Waals surface area contributed by atoms with Crippen molar-refractivity contribution in [2.24, 2.45) is 0 Å². The molecule has 0 saturated carbocycles. The summed E-state index contributed by atoms with van der Waals surface area (Å²) in [5.74, 6) is 0.